The average molecular weight is 269 g/mol. The smallest absolute Gasteiger partial charge is 0.468 e. The van der Waals surface area contributed by atoms with Gasteiger partial charge in [0.25, 0.3) is 0 Å². The van der Waals surface area contributed by atoms with E-state index in [-0.39, 0.29) is 0 Å². The summed E-state index contributed by atoms with van der Waals surface area (Å²) in [7, 11) is 2.47. The quantitative estimate of drug-likeness (QED) is 0.713. The zero-order chi connectivity index (χ0) is 14.7. The SMILES string of the molecule is COC(=O)O[C@]1(C)CCC[C@@](C#N)(C(=O)OC)[C@@H]1C. The standard InChI is InChI=1S/C13H19NO5/c1-9-12(2,19-11(16)18-4)6-5-7-13(9,8-14)10(15)17-3/h9H,5-7H2,1-4H3/t9-,12-,13+/m1/s1. The Bertz CT molecular complexity index is 416. The first-order valence-corrected chi connectivity index (χ1v) is 6.13. The number of hydrogen-bond donors (Lipinski definition) is 0. The number of nitriles is 1. The average Bonchev–Trinajstić information content (AvgIpc) is 2.41. The second-order valence-electron chi connectivity index (χ2n) is 5.02. The lowest BCUT2D eigenvalue weighted by molar-refractivity contribution is -0.165. The summed E-state index contributed by atoms with van der Waals surface area (Å²) in [5.41, 5.74) is -2.20. The van der Waals surface area contributed by atoms with Crippen molar-refractivity contribution < 1.29 is 23.8 Å². The molecule has 1 saturated carbocycles. The van der Waals surface area contributed by atoms with Gasteiger partial charge >= 0.3 is 12.1 Å². The van der Waals surface area contributed by atoms with Gasteiger partial charge in [0.15, 0.2) is 5.41 Å². The topological polar surface area (TPSA) is 85.6 Å². The Balaban J connectivity index is 3.09. The highest BCUT2D eigenvalue weighted by molar-refractivity contribution is 5.80. The van der Waals surface area contributed by atoms with Crippen LogP contribution in [-0.4, -0.2) is 31.9 Å². The number of ether oxygens (including phenoxy) is 3. The molecular weight excluding hydrogens is 250 g/mol. The zero-order valence-corrected chi connectivity index (χ0v) is 11.7. The Hall–Kier alpha value is -1.77. The van der Waals surface area contributed by atoms with Crippen molar-refractivity contribution in [3.05, 3.63) is 0 Å². The van der Waals surface area contributed by atoms with Crippen LogP contribution in [-0.2, 0) is 19.0 Å². The van der Waals surface area contributed by atoms with Gasteiger partial charge in [0.2, 0.25) is 0 Å². The molecule has 0 aliphatic heterocycles. The van der Waals surface area contributed by atoms with Gasteiger partial charge in [0.1, 0.15) is 5.60 Å². The minimum Gasteiger partial charge on any atom is -0.468 e. The molecular formula is C13H19NO5. The van der Waals surface area contributed by atoms with E-state index in [1.54, 1.807) is 13.8 Å². The van der Waals surface area contributed by atoms with Crippen LogP contribution in [0.25, 0.3) is 0 Å². The van der Waals surface area contributed by atoms with Crippen LogP contribution >= 0.6 is 0 Å². The number of nitrogens with zero attached hydrogens (tertiary/aromatic N) is 1. The van der Waals surface area contributed by atoms with E-state index in [0.717, 1.165) is 0 Å². The molecule has 0 amide bonds. The van der Waals surface area contributed by atoms with Crippen LogP contribution in [0.4, 0.5) is 4.79 Å². The molecule has 0 N–H and O–H groups in total. The van der Waals surface area contributed by atoms with Gasteiger partial charge in [-0.25, -0.2) is 4.79 Å². The van der Waals surface area contributed by atoms with Crippen LogP contribution < -0.4 is 0 Å². The lowest BCUT2D eigenvalue weighted by atomic mass is 9.61. The number of hydrogen-bond acceptors (Lipinski definition) is 6. The summed E-state index contributed by atoms with van der Waals surface area (Å²) in [5.74, 6) is -1.06. The van der Waals surface area contributed by atoms with Gasteiger partial charge in [-0.15, -0.1) is 0 Å². The fraction of sp³-hybridized carbons (Fsp3) is 0.769. The highest BCUT2D eigenvalue weighted by atomic mass is 16.7. The Morgan fingerprint density at radius 2 is 1.89 bits per heavy atom. The molecule has 1 aliphatic carbocycles. The normalized spacial score (nSPS) is 33.9. The summed E-state index contributed by atoms with van der Waals surface area (Å²) >= 11 is 0. The summed E-state index contributed by atoms with van der Waals surface area (Å²) in [5, 5.41) is 9.41. The van der Waals surface area contributed by atoms with E-state index in [0.29, 0.717) is 19.3 Å². The zero-order valence-electron chi connectivity index (χ0n) is 11.7. The van der Waals surface area contributed by atoms with Crippen molar-refractivity contribution >= 4 is 12.1 Å². The van der Waals surface area contributed by atoms with Crippen molar-refractivity contribution in [2.45, 2.75) is 38.7 Å². The lowest BCUT2D eigenvalue weighted by Gasteiger charge is -2.45. The van der Waals surface area contributed by atoms with Crippen LogP contribution in [0, 0.1) is 22.7 Å². The van der Waals surface area contributed by atoms with Crippen molar-refractivity contribution in [2.75, 3.05) is 14.2 Å². The third kappa shape index (κ3) is 2.50. The van der Waals surface area contributed by atoms with Gasteiger partial charge in [-0.2, -0.15) is 5.26 Å². The maximum absolute atomic E-state index is 12.0. The van der Waals surface area contributed by atoms with Crippen LogP contribution in [0.2, 0.25) is 0 Å². The van der Waals surface area contributed by atoms with Crippen LogP contribution in [0.1, 0.15) is 33.1 Å². The highest BCUT2D eigenvalue weighted by Crippen LogP contribution is 2.48. The van der Waals surface area contributed by atoms with Crippen molar-refractivity contribution in [3.63, 3.8) is 0 Å². The Kier molecular flexibility index (Phi) is 4.40. The molecule has 0 aromatic heterocycles. The Labute approximate surface area is 112 Å². The summed E-state index contributed by atoms with van der Waals surface area (Å²) < 4.78 is 14.5. The molecule has 0 bridgehead atoms. The van der Waals surface area contributed by atoms with Crippen LogP contribution in [0.3, 0.4) is 0 Å². The second-order valence-corrected chi connectivity index (χ2v) is 5.02. The number of carbonyl (C=O) groups excluding carboxylic acids is 2. The van der Waals surface area contributed by atoms with Crippen molar-refractivity contribution in [3.8, 4) is 6.07 Å². The third-order valence-electron chi connectivity index (χ3n) is 4.13. The molecule has 0 spiro atoms. The molecule has 6 nitrogen and oxygen atoms in total. The first-order valence-electron chi connectivity index (χ1n) is 6.13. The van der Waals surface area contributed by atoms with Crippen molar-refractivity contribution in [1.29, 1.82) is 5.26 Å². The second kappa shape index (κ2) is 5.47. The predicted octanol–water partition coefficient (Wildman–Crippen LogP) is 2.03. The van der Waals surface area contributed by atoms with Crippen LogP contribution in [0.15, 0.2) is 0 Å². The largest absolute Gasteiger partial charge is 0.508 e. The number of methoxy groups -OCH3 is 2. The molecule has 106 valence electrons. The molecule has 1 rings (SSSR count). The first-order chi connectivity index (χ1) is 8.86. The maximum Gasteiger partial charge on any atom is 0.508 e. The molecule has 3 atom stereocenters. The summed E-state index contributed by atoms with van der Waals surface area (Å²) in [6.07, 6.45) is 0.759. The third-order valence-corrected chi connectivity index (χ3v) is 4.13. The molecule has 0 aromatic rings. The molecule has 0 heterocycles. The number of carbonyl (C=O) groups is 2. The van der Waals surface area contributed by atoms with E-state index in [4.69, 9.17) is 9.47 Å². The lowest BCUT2D eigenvalue weighted by Crippen LogP contribution is -2.53. The maximum atomic E-state index is 12.0. The van der Waals surface area contributed by atoms with Gasteiger partial charge < -0.3 is 14.2 Å². The molecule has 0 unspecified atom stereocenters. The first kappa shape index (κ1) is 15.3. The minimum atomic E-state index is -1.28. The van der Waals surface area contributed by atoms with Crippen molar-refractivity contribution in [2.24, 2.45) is 11.3 Å². The fourth-order valence-electron chi connectivity index (χ4n) is 2.70. The predicted molar refractivity (Wildman–Crippen MR) is 65.0 cm³/mol. The van der Waals surface area contributed by atoms with E-state index in [1.165, 1.54) is 14.2 Å². The fourth-order valence-corrected chi connectivity index (χ4v) is 2.70. The van der Waals surface area contributed by atoms with Gasteiger partial charge in [0, 0.05) is 5.92 Å². The number of esters is 1. The van der Waals surface area contributed by atoms with E-state index < -0.39 is 29.1 Å². The Morgan fingerprint density at radius 3 is 2.37 bits per heavy atom. The minimum absolute atomic E-state index is 0.400. The van der Waals surface area contributed by atoms with Gasteiger partial charge in [-0.05, 0) is 26.2 Å². The van der Waals surface area contributed by atoms with E-state index in [9.17, 15) is 14.9 Å². The summed E-state index contributed by atoms with van der Waals surface area (Å²) in [4.78, 5) is 23.3. The van der Waals surface area contributed by atoms with Gasteiger partial charge in [-0.1, -0.05) is 6.92 Å². The Morgan fingerprint density at radius 1 is 1.26 bits per heavy atom. The van der Waals surface area contributed by atoms with Gasteiger partial charge in [-0.3, -0.25) is 4.79 Å². The molecule has 0 saturated heterocycles. The van der Waals surface area contributed by atoms with E-state index in [1.807, 2.05) is 0 Å². The molecule has 0 radical (unpaired) electrons. The number of rotatable bonds is 2. The summed E-state index contributed by atoms with van der Waals surface area (Å²) in [6, 6.07) is 2.06. The highest BCUT2D eigenvalue weighted by Gasteiger charge is 2.57. The monoisotopic (exact) mass is 269 g/mol. The van der Waals surface area contributed by atoms with Gasteiger partial charge in [0.05, 0.1) is 20.3 Å². The molecule has 1 aliphatic rings. The van der Waals surface area contributed by atoms with E-state index in [2.05, 4.69) is 10.8 Å². The molecule has 6 heteroatoms. The van der Waals surface area contributed by atoms with E-state index >= 15 is 0 Å². The molecule has 0 aromatic carbocycles. The molecule has 1 fully saturated rings. The molecule has 19 heavy (non-hydrogen) atoms. The van der Waals surface area contributed by atoms with Crippen LogP contribution in [0.5, 0.6) is 0 Å². The van der Waals surface area contributed by atoms with Crippen molar-refractivity contribution in [1.82, 2.24) is 0 Å². The summed E-state index contributed by atoms with van der Waals surface area (Å²) in [6.45, 7) is 3.44.